The standard InChI is InChI=1S/C30H36ClN7O2/c1-18(2)26-25-28(38(35-26)27-19(3)7-6-8-23(27)31)33-24(34-29(25)39)17-20-9-11-22(12-10-20)37(5)30(40)32-21-13-15-36(4)16-14-21/h6-12,18,21,35H,13-17H2,1-5H3,(H,32,40). The van der Waals surface area contributed by atoms with Crippen LogP contribution in [0.15, 0.2) is 47.3 Å². The maximum atomic E-state index is 13.3. The van der Waals surface area contributed by atoms with Crippen molar-refractivity contribution in [2.24, 2.45) is 0 Å². The largest absolute Gasteiger partial charge is 0.335 e. The van der Waals surface area contributed by atoms with Gasteiger partial charge in [-0.25, -0.2) is 14.5 Å². The fourth-order valence-corrected chi connectivity index (χ4v) is 5.53. The highest BCUT2D eigenvalue weighted by Crippen LogP contribution is 2.32. The minimum Gasteiger partial charge on any atom is -0.335 e. The molecule has 0 unspecified atom stereocenters. The zero-order chi connectivity index (χ0) is 28.6. The van der Waals surface area contributed by atoms with Gasteiger partial charge in [0.1, 0.15) is 11.4 Å². The first-order valence-electron chi connectivity index (χ1n) is 13.7. The van der Waals surface area contributed by atoms with Crippen molar-refractivity contribution < 1.29 is 4.79 Å². The molecule has 0 bridgehead atoms. The Labute approximate surface area is 239 Å². The molecule has 0 saturated carbocycles. The summed E-state index contributed by atoms with van der Waals surface area (Å²) in [6, 6.07) is 13.5. The van der Waals surface area contributed by atoms with E-state index in [4.69, 9.17) is 16.6 Å². The number of urea groups is 1. The molecule has 2 amide bonds. The number of rotatable bonds is 6. The van der Waals surface area contributed by atoms with Crippen molar-refractivity contribution in [2.75, 3.05) is 32.1 Å². The first-order valence-corrected chi connectivity index (χ1v) is 14.1. The molecular weight excluding hydrogens is 526 g/mol. The number of hydrogen-bond donors (Lipinski definition) is 2. The van der Waals surface area contributed by atoms with Gasteiger partial charge in [0.25, 0.3) is 5.56 Å². The lowest BCUT2D eigenvalue weighted by molar-refractivity contribution is 0.218. The highest BCUT2D eigenvalue weighted by molar-refractivity contribution is 6.32. The Hall–Kier alpha value is -3.69. The average molecular weight is 562 g/mol. The summed E-state index contributed by atoms with van der Waals surface area (Å²) in [6.07, 6.45) is 2.29. The van der Waals surface area contributed by atoms with E-state index in [-0.39, 0.29) is 23.6 Å². The Balaban J connectivity index is 1.39. The third-order valence-electron chi connectivity index (χ3n) is 7.64. The maximum absolute atomic E-state index is 13.3. The van der Waals surface area contributed by atoms with Gasteiger partial charge in [-0.1, -0.05) is 49.7 Å². The van der Waals surface area contributed by atoms with Crippen LogP contribution >= 0.6 is 11.6 Å². The summed E-state index contributed by atoms with van der Waals surface area (Å²) in [5.74, 6) is 0.998. The van der Waals surface area contributed by atoms with Gasteiger partial charge < -0.3 is 10.2 Å². The molecule has 9 nitrogen and oxygen atoms in total. The van der Waals surface area contributed by atoms with E-state index >= 15 is 0 Å². The first-order chi connectivity index (χ1) is 19.1. The molecule has 1 saturated heterocycles. The van der Waals surface area contributed by atoms with Crippen molar-refractivity contribution in [3.05, 3.63) is 80.5 Å². The average Bonchev–Trinajstić information content (AvgIpc) is 3.30. The van der Waals surface area contributed by atoms with Crippen molar-refractivity contribution in [1.29, 1.82) is 0 Å². The van der Waals surface area contributed by atoms with Gasteiger partial charge in [-0.2, -0.15) is 4.98 Å². The Kier molecular flexibility index (Phi) is 7.96. The van der Waals surface area contributed by atoms with Crippen LogP contribution in [0.1, 0.15) is 55.3 Å². The van der Waals surface area contributed by atoms with Crippen LogP contribution in [-0.4, -0.2) is 63.9 Å². The minimum atomic E-state index is -0.315. The molecule has 2 aromatic carbocycles. The predicted molar refractivity (Wildman–Crippen MR) is 159 cm³/mol. The van der Waals surface area contributed by atoms with Gasteiger partial charge in [0.05, 0.1) is 16.4 Å². The van der Waals surface area contributed by atoms with Crippen LogP contribution in [0, 0.1) is 6.92 Å². The van der Waals surface area contributed by atoms with Crippen LogP contribution in [0.4, 0.5) is 10.5 Å². The number of fused-ring (bicyclic) bond motifs is 1. The van der Waals surface area contributed by atoms with Gasteiger partial charge in [-0.15, -0.1) is 0 Å². The number of para-hydroxylation sites is 1. The summed E-state index contributed by atoms with van der Waals surface area (Å²) in [5, 5.41) is 7.07. The van der Waals surface area contributed by atoms with E-state index in [2.05, 4.69) is 27.3 Å². The van der Waals surface area contributed by atoms with Crippen LogP contribution < -0.4 is 15.8 Å². The van der Waals surface area contributed by atoms with Gasteiger partial charge >= 0.3 is 6.03 Å². The number of benzene rings is 2. The van der Waals surface area contributed by atoms with Crippen LogP contribution in [0.2, 0.25) is 5.02 Å². The molecule has 0 atom stereocenters. The summed E-state index contributed by atoms with van der Waals surface area (Å²) in [7, 11) is 3.87. The number of aryl methyl sites for hydroxylation is 1. The smallest absolute Gasteiger partial charge is 0.321 e. The maximum Gasteiger partial charge on any atom is 0.321 e. The summed E-state index contributed by atoms with van der Waals surface area (Å²) in [4.78, 5) is 39.1. The molecule has 3 aliphatic rings. The molecule has 2 aromatic rings. The molecular formula is C30H36ClN7O2. The number of anilines is 1. The number of H-pyrrole nitrogens is 1. The van der Waals surface area contributed by atoms with E-state index in [1.54, 1.807) is 16.6 Å². The second-order valence-corrected chi connectivity index (χ2v) is 11.4. The highest BCUT2D eigenvalue weighted by Gasteiger charge is 2.27. The number of piperidine rings is 1. The van der Waals surface area contributed by atoms with Gasteiger partial charge in [0.15, 0.2) is 5.82 Å². The molecule has 2 N–H and O–H groups in total. The van der Waals surface area contributed by atoms with Gasteiger partial charge in [0.2, 0.25) is 0 Å². The molecule has 0 aromatic heterocycles. The molecule has 0 radical (unpaired) electrons. The third kappa shape index (κ3) is 5.62. The minimum absolute atomic E-state index is 0.0647. The summed E-state index contributed by atoms with van der Waals surface area (Å²) >= 11 is 6.59. The second-order valence-electron chi connectivity index (χ2n) is 11.0. The van der Waals surface area contributed by atoms with Crippen LogP contribution in [-0.2, 0) is 6.42 Å². The Morgan fingerprint density at radius 3 is 2.50 bits per heavy atom. The lowest BCUT2D eigenvalue weighted by atomic mass is 10.1. The lowest BCUT2D eigenvalue weighted by Gasteiger charge is -2.30. The van der Waals surface area contributed by atoms with E-state index < -0.39 is 0 Å². The molecule has 1 fully saturated rings. The number of halogens is 1. The topological polar surface area (TPSA) is 99.2 Å². The number of carbonyl (C=O) groups excluding carboxylic acids is 1. The number of aromatic amines is 1. The summed E-state index contributed by atoms with van der Waals surface area (Å²) in [5.41, 5.74) is 4.38. The predicted octanol–water partition coefficient (Wildman–Crippen LogP) is 4.98. The fraction of sp³-hybridized carbons (Fsp3) is 0.400. The molecule has 0 spiro atoms. The van der Waals surface area contributed by atoms with Crippen molar-refractivity contribution in [2.45, 2.75) is 52.0 Å². The van der Waals surface area contributed by atoms with E-state index in [0.29, 0.717) is 28.7 Å². The molecule has 5 rings (SSSR count). The number of amides is 2. The number of nitrogens with one attached hydrogen (secondary N) is 2. The van der Waals surface area contributed by atoms with Crippen LogP contribution in [0.5, 0.6) is 0 Å². The second kappa shape index (κ2) is 11.4. The van der Waals surface area contributed by atoms with Crippen molar-refractivity contribution in [1.82, 2.24) is 30.0 Å². The third-order valence-corrected chi connectivity index (χ3v) is 7.95. The Bertz CT molecular complexity index is 1510. The number of hydrogen-bond acceptors (Lipinski definition) is 5. The van der Waals surface area contributed by atoms with Crippen LogP contribution in [0.3, 0.4) is 0 Å². The van der Waals surface area contributed by atoms with Crippen LogP contribution in [0.25, 0.3) is 17.1 Å². The van der Waals surface area contributed by atoms with Gasteiger partial charge in [-0.05, 0) is 75.1 Å². The van der Waals surface area contributed by atoms with E-state index in [0.717, 1.165) is 54.1 Å². The normalized spacial score (nSPS) is 14.7. The zero-order valence-corrected chi connectivity index (χ0v) is 24.4. The Morgan fingerprint density at radius 1 is 1.15 bits per heavy atom. The summed E-state index contributed by atoms with van der Waals surface area (Å²) in [6.45, 7) is 8.00. The molecule has 40 heavy (non-hydrogen) atoms. The Morgan fingerprint density at radius 2 is 1.85 bits per heavy atom. The molecule has 210 valence electrons. The fourth-order valence-electron chi connectivity index (χ4n) is 5.23. The summed E-state index contributed by atoms with van der Waals surface area (Å²) < 4.78 is 1.80. The van der Waals surface area contributed by atoms with Gasteiger partial charge in [-0.3, -0.25) is 14.8 Å². The molecule has 10 heteroatoms. The number of nitrogens with zero attached hydrogens (tertiary/aromatic N) is 5. The monoisotopic (exact) mass is 561 g/mol. The number of carbonyl (C=O) groups is 1. The van der Waals surface area contributed by atoms with Crippen molar-refractivity contribution in [3.63, 3.8) is 0 Å². The number of aromatic nitrogens is 4. The quantitative estimate of drug-likeness (QED) is 0.346. The van der Waals surface area contributed by atoms with E-state index in [1.807, 2.05) is 63.2 Å². The first kappa shape index (κ1) is 27.9. The lowest BCUT2D eigenvalue weighted by Crippen LogP contribution is -2.47. The number of likely N-dealkylation sites (tertiary alicyclic amines) is 1. The molecule has 0 aliphatic carbocycles. The van der Waals surface area contributed by atoms with Crippen molar-refractivity contribution in [3.8, 4) is 17.1 Å². The van der Waals surface area contributed by atoms with E-state index in [9.17, 15) is 9.59 Å². The SMILES string of the molecule is Cc1cccc(Cl)c1-n1[nH]c(C(C)C)c2c(=O)nc(Cc3ccc(N(C)C(=O)NC4CCN(C)CC4)cc3)nc1-2. The molecule has 3 aliphatic heterocycles. The van der Waals surface area contributed by atoms with Crippen molar-refractivity contribution >= 4 is 23.3 Å². The zero-order valence-electron chi connectivity index (χ0n) is 23.7. The highest BCUT2D eigenvalue weighted by atomic mass is 35.5. The van der Waals surface area contributed by atoms with Gasteiger partial charge in [0, 0.05) is 25.2 Å². The van der Waals surface area contributed by atoms with E-state index in [1.165, 1.54) is 0 Å². The molecule has 3 heterocycles.